The third-order valence-corrected chi connectivity index (χ3v) is 10.3. The van der Waals surface area contributed by atoms with Gasteiger partial charge in [-0.25, -0.2) is 4.79 Å². The standard InChI is InChI=1S/C40H51N3O8/c1-48-40(47)43(37-12-7-20-51-37)34(25-28-8-3-2-4-9-28)35(44)27-31(39(46)41-38-33-11-6-5-10-30(33)26-36(38)45)24-29-13-15-32(16-14-29)50-23-19-42-17-21-49-22-18-42/h2-6,8-11,13-16,31,34-38,44-45H,7,12,17-27H2,1H3,(H,41,46)/t31-,34+,35+,36-,37?,38+/m1/s1. The van der Waals surface area contributed by atoms with Crippen molar-refractivity contribution in [1.29, 1.82) is 0 Å². The topological polar surface area (TPSA) is 130 Å². The van der Waals surface area contributed by atoms with Crippen LogP contribution in [0, 0.1) is 5.92 Å². The molecule has 2 amide bonds. The lowest BCUT2D eigenvalue weighted by Gasteiger charge is -2.38. The van der Waals surface area contributed by atoms with Gasteiger partial charge in [-0.05, 0) is 66.5 Å². The molecule has 1 aliphatic carbocycles. The number of hydrogen-bond donors (Lipinski definition) is 3. The Balaban J connectivity index is 1.22. The summed E-state index contributed by atoms with van der Waals surface area (Å²) in [6, 6.07) is 23.8. The van der Waals surface area contributed by atoms with Crippen LogP contribution in [0.3, 0.4) is 0 Å². The Morgan fingerprint density at radius 1 is 0.961 bits per heavy atom. The normalized spacial score (nSPS) is 22.1. The zero-order valence-electron chi connectivity index (χ0n) is 29.4. The molecule has 51 heavy (non-hydrogen) atoms. The monoisotopic (exact) mass is 701 g/mol. The molecular formula is C40H51N3O8. The van der Waals surface area contributed by atoms with Gasteiger partial charge in [-0.15, -0.1) is 0 Å². The van der Waals surface area contributed by atoms with Crippen molar-refractivity contribution in [2.75, 3.05) is 53.2 Å². The number of benzene rings is 3. The highest BCUT2D eigenvalue weighted by Crippen LogP contribution is 2.33. The number of nitrogens with zero attached hydrogens (tertiary/aromatic N) is 2. The average Bonchev–Trinajstić information content (AvgIpc) is 3.80. The van der Waals surface area contributed by atoms with Crippen molar-refractivity contribution < 1.29 is 38.7 Å². The summed E-state index contributed by atoms with van der Waals surface area (Å²) >= 11 is 0. The van der Waals surface area contributed by atoms with Gasteiger partial charge in [-0.1, -0.05) is 66.7 Å². The fourth-order valence-corrected chi connectivity index (χ4v) is 7.50. The molecule has 3 N–H and O–H groups in total. The predicted molar refractivity (Wildman–Crippen MR) is 191 cm³/mol. The van der Waals surface area contributed by atoms with Gasteiger partial charge in [0.2, 0.25) is 5.91 Å². The molecule has 11 nitrogen and oxygen atoms in total. The zero-order valence-corrected chi connectivity index (χ0v) is 29.4. The minimum Gasteiger partial charge on any atom is -0.492 e. The van der Waals surface area contributed by atoms with E-state index in [2.05, 4.69) is 10.2 Å². The first-order valence-electron chi connectivity index (χ1n) is 18.2. The first-order valence-corrected chi connectivity index (χ1v) is 18.2. The molecule has 6 rings (SSSR count). The molecule has 3 aliphatic rings. The maximum Gasteiger partial charge on any atom is 0.411 e. The van der Waals surface area contributed by atoms with Crippen molar-refractivity contribution >= 4 is 12.0 Å². The highest BCUT2D eigenvalue weighted by Gasteiger charge is 2.40. The minimum atomic E-state index is -1.10. The largest absolute Gasteiger partial charge is 0.492 e. The Bertz CT molecular complexity index is 1540. The second-order valence-electron chi connectivity index (χ2n) is 13.7. The number of carbonyl (C=O) groups excluding carboxylic acids is 2. The number of nitrogens with one attached hydrogen (secondary N) is 1. The number of morpholine rings is 1. The third-order valence-electron chi connectivity index (χ3n) is 10.3. The minimum absolute atomic E-state index is 0.0613. The van der Waals surface area contributed by atoms with Crippen molar-refractivity contribution in [2.45, 2.75) is 69.0 Å². The van der Waals surface area contributed by atoms with Crippen LogP contribution in [-0.2, 0) is 38.3 Å². The molecule has 3 aromatic carbocycles. The highest BCUT2D eigenvalue weighted by molar-refractivity contribution is 5.80. The van der Waals surface area contributed by atoms with Crippen molar-refractivity contribution in [3.63, 3.8) is 0 Å². The average molecular weight is 702 g/mol. The SMILES string of the molecule is COC(=O)N(C1CCCO1)[C@@H](Cc1ccccc1)[C@@H](O)C[C@@H](Cc1ccc(OCCN2CCOCC2)cc1)C(=O)N[C@H]1c2ccccc2C[C@H]1O. The number of methoxy groups -OCH3 is 1. The summed E-state index contributed by atoms with van der Waals surface area (Å²) in [5, 5.41) is 26.2. The van der Waals surface area contributed by atoms with Crippen LogP contribution in [0.15, 0.2) is 78.9 Å². The zero-order chi connectivity index (χ0) is 35.6. The second kappa shape index (κ2) is 18.0. The highest BCUT2D eigenvalue weighted by atomic mass is 16.6. The van der Waals surface area contributed by atoms with Gasteiger partial charge in [-0.3, -0.25) is 14.6 Å². The van der Waals surface area contributed by atoms with Gasteiger partial charge >= 0.3 is 6.09 Å². The lowest BCUT2D eigenvalue weighted by Crippen LogP contribution is -2.54. The summed E-state index contributed by atoms with van der Waals surface area (Å²) in [6.45, 7) is 5.18. The van der Waals surface area contributed by atoms with E-state index < -0.39 is 42.5 Å². The molecule has 0 saturated carbocycles. The molecule has 0 aromatic heterocycles. The third kappa shape index (κ3) is 9.66. The maximum absolute atomic E-state index is 14.2. The summed E-state index contributed by atoms with van der Waals surface area (Å²) in [5.41, 5.74) is 3.74. The van der Waals surface area contributed by atoms with Crippen LogP contribution in [0.2, 0.25) is 0 Å². The van der Waals surface area contributed by atoms with E-state index in [1.807, 2.05) is 78.9 Å². The molecule has 0 radical (unpaired) electrons. The molecule has 11 heteroatoms. The van der Waals surface area contributed by atoms with E-state index in [9.17, 15) is 19.8 Å². The van der Waals surface area contributed by atoms with Gasteiger partial charge in [0.15, 0.2) is 0 Å². The first-order chi connectivity index (χ1) is 24.9. The Morgan fingerprint density at radius 3 is 2.41 bits per heavy atom. The fraction of sp³-hybridized carbons (Fsp3) is 0.500. The molecule has 0 spiro atoms. The molecule has 0 bridgehead atoms. The van der Waals surface area contributed by atoms with E-state index in [0.717, 1.165) is 67.3 Å². The van der Waals surface area contributed by atoms with Crippen molar-refractivity contribution in [3.05, 3.63) is 101 Å². The van der Waals surface area contributed by atoms with E-state index in [1.54, 1.807) is 0 Å². The van der Waals surface area contributed by atoms with Crippen molar-refractivity contribution in [2.24, 2.45) is 5.92 Å². The number of hydrogen-bond acceptors (Lipinski definition) is 9. The molecule has 2 aliphatic heterocycles. The summed E-state index contributed by atoms with van der Waals surface area (Å²) in [4.78, 5) is 31.4. The Labute approximate surface area is 300 Å². The predicted octanol–water partition coefficient (Wildman–Crippen LogP) is 3.90. The summed E-state index contributed by atoms with van der Waals surface area (Å²) in [5.74, 6) is -0.219. The first kappa shape index (κ1) is 36.8. The molecule has 6 atom stereocenters. The van der Waals surface area contributed by atoms with Crippen molar-refractivity contribution in [3.8, 4) is 5.75 Å². The Kier molecular flexibility index (Phi) is 13.0. The van der Waals surface area contributed by atoms with Gasteiger partial charge in [-0.2, -0.15) is 0 Å². The van der Waals surface area contributed by atoms with Gasteiger partial charge in [0, 0.05) is 38.6 Å². The van der Waals surface area contributed by atoms with E-state index in [4.69, 9.17) is 18.9 Å². The lowest BCUT2D eigenvalue weighted by molar-refractivity contribution is -0.128. The smallest absolute Gasteiger partial charge is 0.411 e. The van der Waals surface area contributed by atoms with Crippen LogP contribution in [0.5, 0.6) is 5.75 Å². The van der Waals surface area contributed by atoms with Crippen LogP contribution in [0.25, 0.3) is 0 Å². The van der Waals surface area contributed by atoms with Crippen LogP contribution in [-0.4, -0.2) is 110 Å². The van der Waals surface area contributed by atoms with Crippen LogP contribution in [0.1, 0.15) is 47.6 Å². The number of aliphatic hydroxyl groups is 2. The molecule has 3 aromatic rings. The van der Waals surface area contributed by atoms with Crippen LogP contribution >= 0.6 is 0 Å². The summed E-state index contributed by atoms with van der Waals surface area (Å²) in [7, 11) is 1.33. The molecule has 274 valence electrons. The molecule has 2 saturated heterocycles. The maximum atomic E-state index is 14.2. The Hall–Kier alpha value is -4.00. The van der Waals surface area contributed by atoms with Gasteiger partial charge < -0.3 is 34.5 Å². The fourth-order valence-electron chi connectivity index (χ4n) is 7.50. The lowest BCUT2D eigenvalue weighted by atomic mass is 9.87. The van der Waals surface area contributed by atoms with E-state index in [-0.39, 0.29) is 12.3 Å². The number of ether oxygens (including phenoxy) is 4. The molecule has 2 heterocycles. The second-order valence-corrected chi connectivity index (χ2v) is 13.7. The van der Waals surface area contributed by atoms with Gasteiger partial charge in [0.05, 0.1) is 44.6 Å². The molecule has 2 fully saturated rings. The molecular weight excluding hydrogens is 650 g/mol. The quantitative estimate of drug-likeness (QED) is 0.216. The number of carbonyl (C=O) groups is 2. The van der Waals surface area contributed by atoms with E-state index >= 15 is 0 Å². The number of rotatable bonds is 15. The van der Waals surface area contributed by atoms with Crippen LogP contribution in [0.4, 0.5) is 4.79 Å². The number of fused-ring (bicyclic) bond motifs is 1. The van der Waals surface area contributed by atoms with Gasteiger partial charge in [0.25, 0.3) is 0 Å². The van der Waals surface area contributed by atoms with Crippen LogP contribution < -0.4 is 10.1 Å². The summed E-state index contributed by atoms with van der Waals surface area (Å²) < 4.78 is 22.6. The van der Waals surface area contributed by atoms with Crippen molar-refractivity contribution in [1.82, 2.24) is 15.1 Å². The van der Waals surface area contributed by atoms with E-state index in [0.29, 0.717) is 38.9 Å². The number of aliphatic hydroxyl groups excluding tert-OH is 2. The summed E-state index contributed by atoms with van der Waals surface area (Å²) in [6.07, 6.45) is -0.395. The Morgan fingerprint density at radius 2 is 1.69 bits per heavy atom. The van der Waals surface area contributed by atoms with Gasteiger partial charge in [0.1, 0.15) is 18.6 Å². The van der Waals surface area contributed by atoms with E-state index in [1.165, 1.54) is 12.0 Å². The molecule has 1 unspecified atom stereocenters. The number of amides is 2.